The number of carbonyl (C=O) groups is 1. The minimum absolute atomic E-state index is 0.0470. The van der Waals surface area contributed by atoms with E-state index in [0.29, 0.717) is 12.1 Å². The minimum atomic E-state index is -4.10. The van der Waals surface area contributed by atoms with Crippen LogP contribution in [0, 0.1) is 13.8 Å². The molecule has 10 heteroatoms. The van der Waals surface area contributed by atoms with Crippen molar-refractivity contribution in [2.45, 2.75) is 38.0 Å². The van der Waals surface area contributed by atoms with E-state index in [4.69, 9.17) is 21.2 Å². The molecule has 1 unspecified atom stereocenters. The summed E-state index contributed by atoms with van der Waals surface area (Å²) in [6, 6.07) is 7.02. The number of hydrogen-bond donors (Lipinski definition) is 2. The molecule has 1 atom stereocenters. The highest BCUT2D eigenvalue weighted by molar-refractivity contribution is 7.93. The van der Waals surface area contributed by atoms with Gasteiger partial charge >= 0.3 is 0 Å². The summed E-state index contributed by atoms with van der Waals surface area (Å²) in [7, 11) is -4.10. The first-order chi connectivity index (χ1) is 14.2. The largest absolute Gasteiger partial charge is 0.396 e. The smallest absolute Gasteiger partial charge is 0.265 e. The molecule has 0 fully saturated rings. The summed E-state index contributed by atoms with van der Waals surface area (Å²) in [6.45, 7) is 5.27. The number of carbonyl (C=O) groups excluding carboxylic acids is 1. The van der Waals surface area contributed by atoms with Crippen molar-refractivity contribution in [3.63, 3.8) is 0 Å². The summed E-state index contributed by atoms with van der Waals surface area (Å²) in [6.07, 6.45) is 0.534. The molecule has 0 saturated carbocycles. The Bertz CT molecular complexity index is 1180. The Balaban J connectivity index is 1.90. The van der Waals surface area contributed by atoms with Crippen molar-refractivity contribution in [3.05, 3.63) is 61.9 Å². The van der Waals surface area contributed by atoms with E-state index in [9.17, 15) is 13.2 Å². The number of thiophene rings is 1. The summed E-state index contributed by atoms with van der Waals surface area (Å²) >= 11 is 7.06. The Morgan fingerprint density at radius 2 is 2.07 bits per heavy atom. The van der Waals surface area contributed by atoms with Crippen LogP contribution in [0.2, 0.25) is 5.02 Å². The minimum Gasteiger partial charge on any atom is -0.396 e. The number of aliphatic hydroxyl groups excluding tert-OH is 1. The Labute approximate surface area is 183 Å². The lowest BCUT2D eigenvalue weighted by Crippen LogP contribution is -2.17. The lowest BCUT2D eigenvalue weighted by Gasteiger charge is -2.15. The number of aromatic nitrogens is 1. The first kappa shape index (κ1) is 22.5. The highest BCUT2D eigenvalue weighted by Gasteiger charge is 2.29. The molecule has 2 heterocycles. The number of ketones is 1. The summed E-state index contributed by atoms with van der Waals surface area (Å²) in [4.78, 5) is 13.2. The normalized spacial score (nSPS) is 12.7. The highest BCUT2D eigenvalue weighted by Crippen LogP contribution is 2.33. The summed E-state index contributed by atoms with van der Waals surface area (Å²) < 4.78 is 32.9. The van der Waals surface area contributed by atoms with Crippen molar-refractivity contribution in [3.8, 4) is 0 Å². The van der Waals surface area contributed by atoms with Crippen LogP contribution in [0.3, 0.4) is 0 Å². The number of nitrogens with zero attached hydrogens (tertiary/aromatic N) is 1. The van der Waals surface area contributed by atoms with Crippen molar-refractivity contribution in [1.29, 1.82) is 0 Å². The average molecular weight is 469 g/mol. The van der Waals surface area contributed by atoms with Gasteiger partial charge in [-0.05, 0) is 48.4 Å². The first-order valence-electron chi connectivity index (χ1n) is 9.12. The predicted octanol–water partition coefficient (Wildman–Crippen LogP) is 4.33. The van der Waals surface area contributed by atoms with Gasteiger partial charge in [0.25, 0.3) is 15.9 Å². The molecular weight excluding hydrogens is 448 g/mol. The molecule has 0 aliphatic rings. The van der Waals surface area contributed by atoms with E-state index in [1.807, 2.05) is 25.1 Å². The maximum atomic E-state index is 13.2. The Kier molecular flexibility index (Phi) is 6.66. The number of nitrogens with one attached hydrogen (secondary N) is 1. The van der Waals surface area contributed by atoms with Crippen LogP contribution < -0.4 is 4.72 Å². The first-order valence-corrected chi connectivity index (χ1v) is 11.9. The molecule has 30 heavy (non-hydrogen) atoms. The fourth-order valence-electron chi connectivity index (χ4n) is 3.13. The van der Waals surface area contributed by atoms with Gasteiger partial charge in [-0.25, -0.2) is 13.1 Å². The zero-order valence-corrected chi connectivity index (χ0v) is 19.0. The van der Waals surface area contributed by atoms with E-state index in [1.165, 1.54) is 6.07 Å². The van der Waals surface area contributed by atoms with Crippen LogP contribution in [0.4, 0.5) is 5.88 Å². The molecule has 0 aliphatic heterocycles. The van der Waals surface area contributed by atoms with Gasteiger partial charge in [0, 0.05) is 12.5 Å². The molecule has 3 aromatic rings. The maximum Gasteiger partial charge on any atom is 0.265 e. The van der Waals surface area contributed by atoms with E-state index in [2.05, 4.69) is 9.88 Å². The quantitative estimate of drug-likeness (QED) is 0.476. The van der Waals surface area contributed by atoms with E-state index < -0.39 is 15.9 Å². The van der Waals surface area contributed by atoms with Crippen molar-refractivity contribution >= 4 is 44.6 Å². The van der Waals surface area contributed by atoms with Crippen LogP contribution in [-0.2, 0) is 16.4 Å². The Hall–Kier alpha value is -2.20. The number of rotatable bonds is 8. The molecule has 0 aliphatic carbocycles. The van der Waals surface area contributed by atoms with Crippen LogP contribution in [0.25, 0.3) is 0 Å². The molecule has 0 bridgehead atoms. The summed E-state index contributed by atoms with van der Waals surface area (Å²) in [5, 5.41) is 14.3. The molecule has 0 spiro atoms. The molecule has 0 radical (unpaired) electrons. The second kappa shape index (κ2) is 8.89. The van der Waals surface area contributed by atoms with Crippen molar-refractivity contribution in [2.75, 3.05) is 11.3 Å². The van der Waals surface area contributed by atoms with Gasteiger partial charge < -0.3 is 9.63 Å². The van der Waals surface area contributed by atoms with E-state index in [1.54, 1.807) is 19.2 Å². The molecule has 0 amide bonds. The van der Waals surface area contributed by atoms with Gasteiger partial charge in [-0.15, -0.1) is 11.3 Å². The van der Waals surface area contributed by atoms with Gasteiger partial charge in [0.2, 0.25) is 0 Å². The van der Waals surface area contributed by atoms with Crippen LogP contribution in [-0.4, -0.2) is 31.1 Å². The van der Waals surface area contributed by atoms with E-state index >= 15 is 0 Å². The summed E-state index contributed by atoms with van der Waals surface area (Å²) in [5.74, 6) is -1.04. The molecule has 0 saturated heterocycles. The van der Waals surface area contributed by atoms with E-state index in [0.717, 1.165) is 28.0 Å². The number of sulfonamides is 1. The molecule has 2 N–H and O–H groups in total. The number of anilines is 1. The van der Waals surface area contributed by atoms with Crippen LogP contribution >= 0.6 is 22.9 Å². The predicted molar refractivity (Wildman–Crippen MR) is 116 cm³/mol. The second-order valence-electron chi connectivity index (χ2n) is 6.88. The fraction of sp³-hybridized carbons (Fsp3) is 0.300. The number of hydrogen-bond acceptors (Lipinski definition) is 7. The second-order valence-corrected chi connectivity index (χ2v) is 9.83. The van der Waals surface area contributed by atoms with Crippen LogP contribution in [0.1, 0.15) is 44.9 Å². The molecule has 3 rings (SSSR count). The lowest BCUT2D eigenvalue weighted by atomic mass is 9.90. The van der Waals surface area contributed by atoms with E-state index in [-0.39, 0.29) is 33.1 Å². The zero-order valence-electron chi connectivity index (χ0n) is 16.6. The standard InChI is InChI=1S/C20H21ClN2O5S2/c1-11-10-14(6-8-24)4-5-15(11)12(2)18(25)19-16(7-9-29-19)30(26,27)23-20-17(21)13(3)22-28-20/h4-5,7,9-10,12,23-24H,6,8H2,1-3H3. The third kappa shape index (κ3) is 4.44. The van der Waals surface area contributed by atoms with Gasteiger partial charge in [-0.1, -0.05) is 41.9 Å². The summed E-state index contributed by atoms with van der Waals surface area (Å²) in [5.41, 5.74) is 3.04. The number of Topliss-reactive ketones (excluding diaryl/α,β-unsaturated/α-hetero) is 1. The van der Waals surface area contributed by atoms with Crippen LogP contribution in [0.5, 0.6) is 0 Å². The molecular formula is C20H21ClN2O5S2. The van der Waals surface area contributed by atoms with Crippen molar-refractivity contribution in [2.24, 2.45) is 0 Å². The van der Waals surface area contributed by atoms with Gasteiger partial charge in [-0.3, -0.25) is 4.79 Å². The van der Waals surface area contributed by atoms with Crippen molar-refractivity contribution in [1.82, 2.24) is 5.16 Å². The SMILES string of the molecule is Cc1cc(CCO)ccc1C(C)C(=O)c1sccc1S(=O)(=O)Nc1onc(C)c1Cl. The van der Waals surface area contributed by atoms with Gasteiger partial charge in [0.05, 0.1) is 4.88 Å². The number of aliphatic hydroxyl groups is 1. The third-order valence-electron chi connectivity index (χ3n) is 4.75. The number of benzene rings is 1. The monoisotopic (exact) mass is 468 g/mol. The topological polar surface area (TPSA) is 110 Å². The molecule has 2 aromatic heterocycles. The Morgan fingerprint density at radius 3 is 2.67 bits per heavy atom. The van der Waals surface area contributed by atoms with Crippen LogP contribution in [0.15, 0.2) is 39.1 Å². The lowest BCUT2D eigenvalue weighted by molar-refractivity contribution is 0.0967. The van der Waals surface area contributed by atoms with Gasteiger partial charge in [-0.2, -0.15) is 0 Å². The zero-order chi connectivity index (χ0) is 22.1. The highest BCUT2D eigenvalue weighted by atomic mass is 35.5. The fourth-order valence-corrected chi connectivity index (χ4v) is 5.77. The third-order valence-corrected chi connectivity index (χ3v) is 7.63. The van der Waals surface area contributed by atoms with Gasteiger partial charge in [0.1, 0.15) is 15.6 Å². The molecule has 160 valence electrons. The number of aryl methyl sites for hydroxylation is 2. The maximum absolute atomic E-state index is 13.2. The van der Waals surface area contributed by atoms with Gasteiger partial charge in [0.15, 0.2) is 5.78 Å². The number of halogens is 1. The Morgan fingerprint density at radius 1 is 1.33 bits per heavy atom. The average Bonchev–Trinajstić information content (AvgIpc) is 3.30. The van der Waals surface area contributed by atoms with Crippen molar-refractivity contribution < 1.29 is 22.8 Å². The molecule has 1 aromatic carbocycles. The molecule has 7 nitrogen and oxygen atoms in total.